The molecule has 2 amide bonds. The number of amides is 2. The summed E-state index contributed by atoms with van der Waals surface area (Å²) in [6.45, 7) is 3.23. The van der Waals surface area contributed by atoms with Gasteiger partial charge in [-0.25, -0.2) is 0 Å². The molecule has 0 saturated carbocycles. The van der Waals surface area contributed by atoms with Gasteiger partial charge in [-0.15, -0.1) is 11.8 Å². The van der Waals surface area contributed by atoms with E-state index < -0.39 is 12.1 Å². The first-order chi connectivity index (χ1) is 12.0. The standard InChI is InChI=1S/C17H20Cl2N2O3S/c1-11(24-14-6-4-5-12(18)15(14)19)16(22)21-10-25-9-13(21)17(23)20-7-2-3-8-20/h4-6,11,13H,2-3,7-10H2,1H3. The van der Waals surface area contributed by atoms with Crippen molar-refractivity contribution in [1.82, 2.24) is 9.80 Å². The zero-order valence-corrected chi connectivity index (χ0v) is 16.2. The molecule has 2 atom stereocenters. The highest BCUT2D eigenvalue weighted by atomic mass is 35.5. The summed E-state index contributed by atoms with van der Waals surface area (Å²) in [5.74, 6) is 1.33. The molecule has 0 radical (unpaired) electrons. The number of halogens is 2. The Morgan fingerprint density at radius 3 is 2.72 bits per heavy atom. The molecule has 0 aromatic heterocycles. The van der Waals surface area contributed by atoms with E-state index in [-0.39, 0.29) is 16.8 Å². The van der Waals surface area contributed by atoms with Crippen LogP contribution in [-0.4, -0.2) is 58.5 Å². The molecule has 3 rings (SSSR count). The van der Waals surface area contributed by atoms with Gasteiger partial charge < -0.3 is 14.5 Å². The van der Waals surface area contributed by atoms with Crippen LogP contribution in [0.25, 0.3) is 0 Å². The highest BCUT2D eigenvalue weighted by Crippen LogP contribution is 2.33. The molecule has 25 heavy (non-hydrogen) atoms. The second-order valence-corrected chi connectivity index (χ2v) is 7.95. The highest BCUT2D eigenvalue weighted by Gasteiger charge is 2.39. The van der Waals surface area contributed by atoms with Gasteiger partial charge in [-0.3, -0.25) is 9.59 Å². The Morgan fingerprint density at radius 2 is 2.00 bits per heavy atom. The van der Waals surface area contributed by atoms with Gasteiger partial charge >= 0.3 is 0 Å². The van der Waals surface area contributed by atoms with E-state index in [2.05, 4.69) is 0 Å². The largest absolute Gasteiger partial charge is 0.479 e. The van der Waals surface area contributed by atoms with E-state index in [1.165, 1.54) is 0 Å². The molecule has 2 heterocycles. The van der Waals surface area contributed by atoms with Crippen LogP contribution >= 0.6 is 35.0 Å². The number of carbonyl (C=O) groups is 2. The Labute approximate surface area is 161 Å². The van der Waals surface area contributed by atoms with Crippen LogP contribution in [0.1, 0.15) is 19.8 Å². The molecular formula is C17H20Cl2N2O3S. The van der Waals surface area contributed by atoms with Crippen molar-refractivity contribution in [3.63, 3.8) is 0 Å². The quantitative estimate of drug-likeness (QED) is 0.774. The Balaban J connectivity index is 1.68. The number of hydrogen-bond donors (Lipinski definition) is 0. The van der Waals surface area contributed by atoms with E-state index in [0.29, 0.717) is 22.4 Å². The Hall–Kier alpha value is -1.11. The smallest absolute Gasteiger partial charge is 0.264 e. The third kappa shape index (κ3) is 4.01. The van der Waals surface area contributed by atoms with E-state index in [1.807, 2.05) is 4.90 Å². The monoisotopic (exact) mass is 402 g/mol. The molecule has 2 aliphatic heterocycles. The highest BCUT2D eigenvalue weighted by molar-refractivity contribution is 7.99. The van der Waals surface area contributed by atoms with Crippen molar-refractivity contribution in [2.75, 3.05) is 24.7 Å². The molecule has 2 unspecified atom stereocenters. The summed E-state index contributed by atoms with van der Waals surface area (Å²) in [5, 5.41) is 0.655. The molecule has 0 spiro atoms. The average molecular weight is 403 g/mol. The van der Waals surface area contributed by atoms with Crippen LogP contribution in [-0.2, 0) is 9.59 Å². The van der Waals surface area contributed by atoms with Crippen molar-refractivity contribution in [3.05, 3.63) is 28.2 Å². The maximum Gasteiger partial charge on any atom is 0.264 e. The van der Waals surface area contributed by atoms with Gasteiger partial charge in [0.15, 0.2) is 6.10 Å². The van der Waals surface area contributed by atoms with Crippen LogP contribution in [0.2, 0.25) is 10.0 Å². The lowest BCUT2D eigenvalue weighted by atomic mass is 10.2. The van der Waals surface area contributed by atoms with Crippen molar-refractivity contribution in [2.45, 2.75) is 31.9 Å². The summed E-state index contributed by atoms with van der Waals surface area (Å²) in [5.41, 5.74) is 0. The molecule has 2 fully saturated rings. The zero-order chi connectivity index (χ0) is 18.0. The van der Waals surface area contributed by atoms with Crippen LogP contribution < -0.4 is 4.74 Å². The molecule has 5 nitrogen and oxygen atoms in total. The molecule has 136 valence electrons. The van der Waals surface area contributed by atoms with Crippen molar-refractivity contribution in [2.24, 2.45) is 0 Å². The third-order valence-corrected chi connectivity index (χ3v) is 6.25. The molecule has 1 aromatic carbocycles. The molecule has 0 N–H and O–H groups in total. The summed E-state index contributed by atoms with van der Waals surface area (Å²) in [6.07, 6.45) is 1.32. The molecule has 0 aliphatic carbocycles. The van der Waals surface area contributed by atoms with E-state index in [9.17, 15) is 9.59 Å². The Bertz CT molecular complexity index is 667. The predicted molar refractivity (Wildman–Crippen MR) is 100 cm³/mol. The average Bonchev–Trinajstić information content (AvgIpc) is 3.29. The molecule has 2 aliphatic rings. The fourth-order valence-corrected chi connectivity index (χ4v) is 4.55. The van der Waals surface area contributed by atoms with Gasteiger partial charge in [0, 0.05) is 18.8 Å². The van der Waals surface area contributed by atoms with Crippen molar-refractivity contribution in [1.29, 1.82) is 0 Å². The lowest BCUT2D eigenvalue weighted by Gasteiger charge is -2.29. The first-order valence-corrected chi connectivity index (χ1v) is 10.2. The Kier molecular flexibility index (Phi) is 6.02. The summed E-state index contributed by atoms with van der Waals surface area (Å²) in [4.78, 5) is 29.0. The van der Waals surface area contributed by atoms with Gasteiger partial charge in [0.05, 0.1) is 10.9 Å². The number of ether oxygens (including phenoxy) is 1. The molecule has 0 bridgehead atoms. The van der Waals surface area contributed by atoms with Crippen LogP contribution in [0.3, 0.4) is 0 Å². The van der Waals surface area contributed by atoms with Crippen LogP contribution in [0.15, 0.2) is 18.2 Å². The van der Waals surface area contributed by atoms with Gasteiger partial charge in [0.25, 0.3) is 5.91 Å². The van der Waals surface area contributed by atoms with Gasteiger partial charge in [-0.2, -0.15) is 0 Å². The SMILES string of the molecule is CC(Oc1cccc(Cl)c1Cl)C(=O)N1CSCC1C(=O)N1CCCC1. The van der Waals surface area contributed by atoms with Crippen molar-refractivity contribution < 1.29 is 14.3 Å². The normalized spacial score (nSPS) is 21.5. The molecular weight excluding hydrogens is 383 g/mol. The van der Waals surface area contributed by atoms with Crippen LogP contribution in [0.5, 0.6) is 5.75 Å². The van der Waals surface area contributed by atoms with Crippen LogP contribution in [0, 0.1) is 0 Å². The van der Waals surface area contributed by atoms with E-state index in [4.69, 9.17) is 27.9 Å². The molecule has 8 heteroatoms. The minimum atomic E-state index is -0.747. The minimum absolute atomic E-state index is 0.0452. The first-order valence-electron chi connectivity index (χ1n) is 8.26. The topological polar surface area (TPSA) is 49.9 Å². The Morgan fingerprint density at radius 1 is 1.28 bits per heavy atom. The van der Waals surface area contributed by atoms with Crippen molar-refractivity contribution >= 4 is 46.8 Å². The number of hydrogen-bond acceptors (Lipinski definition) is 4. The lowest BCUT2D eigenvalue weighted by Crippen LogP contribution is -2.51. The fraction of sp³-hybridized carbons (Fsp3) is 0.529. The summed E-state index contributed by atoms with van der Waals surface area (Å²) in [7, 11) is 0. The van der Waals surface area contributed by atoms with Gasteiger partial charge in [-0.05, 0) is 31.9 Å². The number of nitrogens with zero attached hydrogens (tertiary/aromatic N) is 2. The second-order valence-electron chi connectivity index (χ2n) is 6.17. The first kappa shape index (κ1) is 18.7. The summed E-state index contributed by atoms with van der Waals surface area (Å²) < 4.78 is 5.71. The number of benzene rings is 1. The maximum atomic E-state index is 12.8. The van der Waals surface area contributed by atoms with Crippen molar-refractivity contribution in [3.8, 4) is 5.75 Å². The molecule has 1 aromatic rings. The predicted octanol–water partition coefficient (Wildman–Crippen LogP) is 3.28. The fourth-order valence-electron chi connectivity index (χ4n) is 3.06. The molecule has 2 saturated heterocycles. The number of rotatable bonds is 4. The number of thioether (sulfide) groups is 1. The minimum Gasteiger partial charge on any atom is -0.479 e. The number of likely N-dealkylation sites (tertiary alicyclic amines) is 1. The van der Waals surface area contributed by atoms with Gasteiger partial charge in [-0.1, -0.05) is 29.3 Å². The maximum absolute atomic E-state index is 12.8. The zero-order valence-electron chi connectivity index (χ0n) is 13.9. The second kappa shape index (κ2) is 8.06. The van der Waals surface area contributed by atoms with E-state index >= 15 is 0 Å². The number of carbonyl (C=O) groups excluding carboxylic acids is 2. The van der Waals surface area contributed by atoms with Crippen LogP contribution in [0.4, 0.5) is 0 Å². The van der Waals surface area contributed by atoms with E-state index in [1.54, 1.807) is 41.8 Å². The van der Waals surface area contributed by atoms with E-state index in [0.717, 1.165) is 25.9 Å². The van der Waals surface area contributed by atoms with Gasteiger partial charge in [0.1, 0.15) is 16.8 Å². The summed E-state index contributed by atoms with van der Waals surface area (Å²) in [6, 6.07) is 4.64. The summed E-state index contributed by atoms with van der Waals surface area (Å²) >= 11 is 13.7. The third-order valence-electron chi connectivity index (χ3n) is 4.44. The van der Waals surface area contributed by atoms with Gasteiger partial charge in [0.2, 0.25) is 5.91 Å². The lowest BCUT2D eigenvalue weighted by molar-refractivity contribution is -0.146.